The average Bonchev–Trinajstić information content (AvgIpc) is 2.06. The Kier molecular flexibility index (Phi) is 9.98. The van der Waals surface area contributed by atoms with Crippen LogP contribution in [-0.4, -0.2) is 25.3 Å². The van der Waals surface area contributed by atoms with Crippen molar-refractivity contribution in [2.75, 3.05) is 14.1 Å². The summed E-state index contributed by atoms with van der Waals surface area (Å²) in [6.07, 6.45) is 0.497. The Morgan fingerprint density at radius 1 is 1.12 bits per heavy atom. The van der Waals surface area contributed by atoms with E-state index in [0.717, 1.165) is 13.0 Å². The van der Waals surface area contributed by atoms with Crippen LogP contribution in [0, 0.1) is 0 Å². The van der Waals surface area contributed by atoms with Crippen LogP contribution in [0.2, 0.25) is 0 Å². The van der Waals surface area contributed by atoms with E-state index >= 15 is 0 Å². The molecule has 0 spiro atoms. The van der Waals surface area contributed by atoms with Crippen molar-refractivity contribution in [1.29, 1.82) is 0 Å². The van der Waals surface area contributed by atoms with Gasteiger partial charge in [0.25, 0.3) is 0 Å². The minimum absolute atomic E-state index is 0. The number of hydrogen-bond acceptors (Lipinski definition) is 1. The fourth-order valence-corrected chi connectivity index (χ4v) is 1.63. The molecule has 0 radical (unpaired) electrons. The second-order valence-corrected chi connectivity index (χ2v) is 4.21. The zero-order chi connectivity index (χ0) is 10.6. The third-order valence-corrected chi connectivity index (χ3v) is 2.18. The van der Waals surface area contributed by atoms with Gasteiger partial charge in [0, 0.05) is 5.56 Å². The summed E-state index contributed by atoms with van der Waals surface area (Å²) >= 11 is 0. The van der Waals surface area contributed by atoms with Gasteiger partial charge in [0.05, 0.1) is 20.2 Å². The molecule has 1 unspecified atom stereocenters. The lowest BCUT2D eigenvalue weighted by Crippen LogP contribution is -3.04. The predicted molar refractivity (Wildman–Crippen MR) is 58.3 cm³/mol. The van der Waals surface area contributed by atoms with Crippen molar-refractivity contribution in [2.24, 2.45) is 0 Å². The molecule has 0 aromatic heterocycles. The molecule has 0 fully saturated rings. The highest BCUT2D eigenvalue weighted by atomic mass is 35.5. The summed E-state index contributed by atoms with van der Waals surface area (Å²) in [7, 11) is 4.28. The van der Waals surface area contributed by atoms with Crippen molar-refractivity contribution in [3.63, 3.8) is 0 Å². The Morgan fingerprint density at radius 2 is 1.62 bits per heavy atom. The third kappa shape index (κ3) is 6.33. The molecule has 0 saturated carbocycles. The Hall–Kier alpha value is -0.280. The molecule has 2 N–H and O–H groups in total. The minimum Gasteiger partial charge on any atom is -1.00 e. The Morgan fingerprint density at radius 3 is 2.06 bits per heavy atom. The van der Waals surface area contributed by atoms with Crippen molar-refractivity contribution < 1.29 is 34.8 Å². The lowest BCUT2D eigenvalue weighted by atomic mass is 10.0. The molecular formula is C12H20Cl2NO-. The summed E-state index contributed by atoms with van der Waals surface area (Å²) in [4.78, 5) is 1.41. The highest BCUT2D eigenvalue weighted by Gasteiger charge is 2.06. The van der Waals surface area contributed by atoms with Crippen LogP contribution in [0.3, 0.4) is 0 Å². The van der Waals surface area contributed by atoms with Gasteiger partial charge in [-0.25, -0.2) is 0 Å². The molecule has 16 heavy (non-hydrogen) atoms. The van der Waals surface area contributed by atoms with E-state index in [1.54, 1.807) is 0 Å². The van der Waals surface area contributed by atoms with Crippen molar-refractivity contribution in [3.05, 3.63) is 35.4 Å². The van der Waals surface area contributed by atoms with Gasteiger partial charge >= 0.3 is 0 Å². The van der Waals surface area contributed by atoms with E-state index in [4.69, 9.17) is 0 Å². The number of rotatable bonds is 4. The van der Waals surface area contributed by atoms with Crippen molar-refractivity contribution in [1.82, 2.24) is 0 Å². The molecule has 0 heterocycles. The fourth-order valence-electron chi connectivity index (χ4n) is 1.63. The zero-order valence-electron chi connectivity index (χ0n) is 10.0. The van der Waals surface area contributed by atoms with E-state index in [1.165, 1.54) is 16.0 Å². The molecule has 94 valence electrons. The second kappa shape index (κ2) is 8.82. The molecule has 0 amide bonds. The summed E-state index contributed by atoms with van der Waals surface area (Å²) in [5.41, 5.74) is 2.61. The summed E-state index contributed by atoms with van der Waals surface area (Å²) in [6.45, 7) is 2.85. The molecule has 1 rings (SSSR count). The first-order valence-corrected chi connectivity index (χ1v) is 5.13. The maximum absolute atomic E-state index is 9.36. The van der Waals surface area contributed by atoms with E-state index in [9.17, 15) is 5.11 Å². The zero-order valence-corrected chi connectivity index (χ0v) is 11.5. The van der Waals surface area contributed by atoms with Crippen LogP contribution in [0.1, 0.15) is 18.1 Å². The molecule has 0 aliphatic rings. The molecular weight excluding hydrogens is 245 g/mol. The van der Waals surface area contributed by atoms with E-state index in [0.29, 0.717) is 0 Å². The molecule has 0 aliphatic heterocycles. The number of aliphatic hydroxyl groups excluding tert-OH is 1. The Bertz CT molecular complexity index is 261. The maximum atomic E-state index is 9.36. The number of hydrogen-bond donors (Lipinski definition) is 2. The van der Waals surface area contributed by atoms with Gasteiger partial charge in [-0.3, -0.25) is 0 Å². The quantitative estimate of drug-likeness (QED) is 0.557. The van der Waals surface area contributed by atoms with E-state index in [1.807, 2.05) is 13.0 Å². The third-order valence-electron chi connectivity index (χ3n) is 2.18. The largest absolute Gasteiger partial charge is 1.00 e. The molecule has 4 heteroatoms. The molecule has 1 aromatic rings. The standard InChI is InChI=1S/C12H19NO.2ClH/c1-10(14)8-11-6-4-5-7-12(11)9-13(2)3;;/h4-7,10,14H,8-9H2,1-3H3;2*1H/p-1. The van der Waals surface area contributed by atoms with Crippen LogP contribution >= 0.6 is 0 Å². The van der Waals surface area contributed by atoms with Crippen molar-refractivity contribution in [2.45, 2.75) is 26.0 Å². The van der Waals surface area contributed by atoms with Crippen molar-refractivity contribution >= 4 is 0 Å². The average molecular weight is 265 g/mol. The summed E-state index contributed by atoms with van der Waals surface area (Å²) in [6, 6.07) is 8.34. The van der Waals surface area contributed by atoms with Gasteiger partial charge in [-0.1, -0.05) is 24.3 Å². The van der Waals surface area contributed by atoms with Crippen LogP contribution in [-0.2, 0) is 13.0 Å². The molecule has 0 aliphatic carbocycles. The van der Waals surface area contributed by atoms with Crippen LogP contribution in [0.15, 0.2) is 24.3 Å². The number of nitrogens with one attached hydrogen (secondary N) is 1. The summed E-state index contributed by atoms with van der Waals surface area (Å²) in [5, 5.41) is 9.36. The van der Waals surface area contributed by atoms with Gasteiger partial charge in [-0.05, 0) is 18.9 Å². The van der Waals surface area contributed by atoms with Crippen LogP contribution in [0.5, 0.6) is 0 Å². The van der Waals surface area contributed by atoms with Gasteiger partial charge in [0.15, 0.2) is 0 Å². The number of aliphatic hydroxyl groups is 1. The Labute approximate surface area is 110 Å². The highest BCUT2D eigenvalue weighted by Crippen LogP contribution is 2.09. The number of halogens is 2. The van der Waals surface area contributed by atoms with Gasteiger partial charge in [0.1, 0.15) is 6.54 Å². The second-order valence-electron chi connectivity index (χ2n) is 4.21. The van der Waals surface area contributed by atoms with Crippen LogP contribution in [0.25, 0.3) is 0 Å². The smallest absolute Gasteiger partial charge is 0.103 e. The minimum atomic E-state index is -0.256. The topological polar surface area (TPSA) is 24.7 Å². The van der Waals surface area contributed by atoms with Gasteiger partial charge in [-0.2, -0.15) is 0 Å². The first kappa shape index (κ1) is 18.1. The SMILES string of the molecule is CC(O)Cc1ccccc1C[NH+](C)C.[Cl-].[Cl-]. The van der Waals surface area contributed by atoms with Gasteiger partial charge in [-0.15, -0.1) is 0 Å². The normalized spacial score (nSPS) is 11.6. The summed E-state index contributed by atoms with van der Waals surface area (Å²) in [5.74, 6) is 0. The maximum Gasteiger partial charge on any atom is 0.103 e. The van der Waals surface area contributed by atoms with Crippen molar-refractivity contribution in [3.8, 4) is 0 Å². The van der Waals surface area contributed by atoms with E-state index in [2.05, 4.69) is 32.3 Å². The van der Waals surface area contributed by atoms with Gasteiger partial charge in [0.2, 0.25) is 0 Å². The number of benzene rings is 1. The molecule has 1 atom stereocenters. The van der Waals surface area contributed by atoms with Crippen LogP contribution in [0.4, 0.5) is 0 Å². The molecule has 2 nitrogen and oxygen atoms in total. The lowest BCUT2D eigenvalue weighted by Gasteiger charge is -2.13. The first-order valence-electron chi connectivity index (χ1n) is 5.13. The highest BCUT2D eigenvalue weighted by molar-refractivity contribution is 5.26. The van der Waals surface area contributed by atoms with E-state index < -0.39 is 0 Å². The summed E-state index contributed by atoms with van der Waals surface area (Å²) < 4.78 is 0. The van der Waals surface area contributed by atoms with Crippen LogP contribution < -0.4 is 29.7 Å². The predicted octanol–water partition coefficient (Wildman–Crippen LogP) is -5.74. The van der Waals surface area contributed by atoms with Gasteiger partial charge < -0.3 is 34.8 Å². The monoisotopic (exact) mass is 264 g/mol. The molecule has 1 aromatic carbocycles. The first-order chi connectivity index (χ1) is 6.59. The number of quaternary nitrogens is 1. The van der Waals surface area contributed by atoms with E-state index in [-0.39, 0.29) is 30.9 Å². The molecule has 0 bridgehead atoms. The fraction of sp³-hybridized carbons (Fsp3) is 0.500. The molecule has 0 saturated heterocycles. The lowest BCUT2D eigenvalue weighted by molar-refractivity contribution is -0.872. The Balaban J connectivity index is 0.